The number of fused-ring (bicyclic) bond motifs is 3. The van der Waals surface area contributed by atoms with E-state index in [0.29, 0.717) is 0 Å². The highest BCUT2D eigenvalue weighted by molar-refractivity contribution is 9.11. The fourth-order valence-corrected chi connectivity index (χ4v) is 2.99. The molecule has 3 aromatic rings. The lowest BCUT2D eigenvalue weighted by atomic mass is 10.2. The summed E-state index contributed by atoms with van der Waals surface area (Å²) in [6.07, 6.45) is 1.78. The topological polar surface area (TPSA) is 37.9 Å². The molecule has 2 heterocycles. The summed E-state index contributed by atoms with van der Waals surface area (Å²) in [7, 11) is 1.66. The van der Waals surface area contributed by atoms with Crippen LogP contribution in [0.4, 0.5) is 0 Å². The Bertz CT molecular complexity index is 721. The molecule has 0 unspecified atom stereocenters. The van der Waals surface area contributed by atoms with Gasteiger partial charge < -0.3 is 9.72 Å². The van der Waals surface area contributed by atoms with Gasteiger partial charge in [-0.3, -0.25) is 0 Å². The second-order valence-corrected chi connectivity index (χ2v) is 5.39. The van der Waals surface area contributed by atoms with E-state index in [1.807, 2.05) is 18.2 Å². The van der Waals surface area contributed by atoms with Crippen molar-refractivity contribution in [1.82, 2.24) is 9.97 Å². The number of ether oxygens (including phenoxy) is 1. The number of hydrogen-bond donors (Lipinski definition) is 1. The third-order valence-electron chi connectivity index (χ3n) is 2.70. The number of pyridine rings is 1. The van der Waals surface area contributed by atoms with Gasteiger partial charge in [-0.1, -0.05) is 0 Å². The van der Waals surface area contributed by atoms with Gasteiger partial charge in [0.05, 0.1) is 11.6 Å². The Labute approximate surface area is 114 Å². The van der Waals surface area contributed by atoms with Crippen LogP contribution in [0.2, 0.25) is 0 Å². The minimum absolute atomic E-state index is 0.818. The van der Waals surface area contributed by atoms with E-state index >= 15 is 0 Å². The van der Waals surface area contributed by atoms with E-state index in [4.69, 9.17) is 4.74 Å². The molecular formula is C12H8Br2N2O. The maximum Gasteiger partial charge on any atom is 0.138 e. The van der Waals surface area contributed by atoms with Crippen LogP contribution in [0.25, 0.3) is 21.9 Å². The fourth-order valence-electron chi connectivity index (χ4n) is 1.94. The average Bonchev–Trinajstić information content (AvgIpc) is 2.68. The van der Waals surface area contributed by atoms with E-state index in [1.54, 1.807) is 13.3 Å². The van der Waals surface area contributed by atoms with Crippen molar-refractivity contribution in [3.8, 4) is 5.75 Å². The number of nitrogens with one attached hydrogen (secondary N) is 1. The van der Waals surface area contributed by atoms with Crippen LogP contribution in [0.5, 0.6) is 5.75 Å². The standard InChI is InChI=1S/C12H8Br2N2O/c1-17-9-3-2-8-10(11(9)14)7-4-6(13)5-15-12(7)16-8/h2-5H,1H3,(H,15,16). The molecule has 0 aliphatic heterocycles. The fraction of sp³-hybridized carbons (Fsp3) is 0.0833. The molecule has 0 atom stereocenters. The van der Waals surface area contributed by atoms with Crippen molar-refractivity contribution in [2.75, 3.05) is 7.11 Å². The molecule has 0 amide bonds. The molecule has 0 fully saturated rings. The number of aromatic amines is 1. The molecule has 0 aliphatic rings. The maximum atomic E-state index is 5.31. The molecule has 86 valence electrons. The lowest BCUT2D eigenvalue weighted by Gasteiger charge is -2.03. The first-order chi connectivity index (χ1) is 8.20. The second kappa shape index (κ2) is 3.99. The van der Waals surface area contributed by atoms with Crippen molar-refractivity contribution in [2.45, 2.75) is 0 Å². The Morgan fingerprint density at radius 3 is 2.88 bits per heavy atom. The highest BCUT2D eigenvalue weighted by Gasteiger charge is 2.12. The first-order valence-corrected chi connectivity index (χ1v) is 6.58. The zero-order valence-electron chi connectivity index (χ0n) is 8.92. The largest absolute Gasteiger partial charge is 0.496 e. The highest BCUT2D eigenvalue weighted by atomic mass is 79.9. The minimum Gasteiger partial charge on any atom is -0.496 e. The van der Waals surface area contributed by atoms with Crippen molar-refractivity contribution < 1.29 is 4.74 Å². The molecule has 5 heteroatoms. The molecular weight excluding hydrogens is 348 g/mol. The van der Waals surface area contributed by atoms with Gasteiger partial charge >= 0.3 is 0 Å². The summed E-state index contributed by atoms with van der Waals surface area (Å²) in [5, 5.41) is 2.16. The monoisotopic (exact) mass is 354 g/mol. The molecule has 3 rings (SSSR count). The van der Waals surface area contributed by atoms with Gasteiger partial charge in [0, 0.05) is 27.0 Å². The number of H-pyrrole nitrogens is 1. The minimum atomic E-state index is 0.818. The predicted octanol–water partition coefficient (Wildman–Crippen LogP) is 4.25. The summed E-state index contributed by atoms with van der Waals surface area (Å²) < 4.78 is 7.22. The van der Waals surface area contributed by atoms with Gasteiger partial charge in [0.25, 0.3) is 0 Å². The Hall–Kier alpha value is -1.07. The Morgan fingerprint density at radius 1 is 1.29 bits per heavy atom. The molecule has 0 radical (unpaired) electrons. The second-order valence-electron chi connectivity index (χ2n) is 3.68. The van der Waals surface area contributed by atoms with Crippen LogP contribution in [0.3, 0.4) is 0 Å². The predicted molar refractivity (Wildman–Crippen MR) is 75.6 cm³/mol. The van der Waals surface area contributed by atoms with Crippen LogP contribution in [0.1, 0.15) is 0 Å². The summed E-state index contributed by atoms with van der Waals surface area (Å²) >= 11 is 7.02. The highest BCUT2D eigenvalue weighted by Crippen LogP contribution is 2.37. The molecule has 0 spiro atoms. The van der Waals surface area contributed by atoms with E-state index in [2.05, 4.69) is 41.8 Å². The van der Waals surface area contributed by atoms with Crippen LogP contribution in [-0.4, -0.2) is 17.1 Å². The van der Waals surface area contributed by atoms with E-state index in [9.17, 15) is 0 Å². The van der Waals surface area contributed by atoms with E-state index in [0.717, 1.165) is 36.6 Å². The van der Waals surface area contributed by atoms with Crippen molar-refractivity contribution in [1.29, 1.82) is 0 Å². The van der Waals surface area contributed by atoms with Gasteiger partial charge in [0.15, 0.2) is 0 Å². The number of benzene rings is 1. The Morgan fingerprint density at radius 2 is 2.12 bits per heavy atom. The quantitative estimate of drug-likeness (QED) is 0.708. The lowest BCUT2D eigenvalue weighted by Crippen LogP contribution is -1.84. The summed E-state index contributed by atoms with van der Waals surface area (Å²) in [5.74, 6) is 0.818. The maximum absolute atomic E-state index is 5.31. The molecule has 0 aliphatic carbocycles. The first-order valence-electron chi connectivity index (χ1n) is 5.00. The van der Waals surface area contributed by atoms with Crippen LogP contribution < -0.4 is 4.74 Å². The molecule has 0 bridgehead atoms. The number of aromatic nitrogens is 2. The third kappa shape index (κ3) is 1.65. The van der Waals surface area contributed by atoms with Gasteiger partial charge in [-0.05, 0) is 50.1 Å². The van der Waals surface area contributed by atoms with Gasteiger partial charge in [-0.25, -0.2) is 4.98 Å². The van der Waals surface area contributed by atoms with Gasteiger partial charge in [-0.15, -0.1) is 0 Å². The molecule has 2 aromatic heterocycles. The molecule has 0 saturated carbocycles. The van der Waals surface area contributed by atoms with Crippen molar-refractivity contribution in [3.63, 3.8) is 0 Å². The smallest absolute Gasteiger partial charge is 0.138 e. The summed E-state index contributed by atoms with van der Waals surface area (Å²) in [6, 6.07) is 5.97. The summed E-state index contributed by atoms with van der Waals surface area (Å²) in [4.78, 5) is 7.63. The number of halogens is 2. The van der Waals surface area contributed by atoms with E-state index in [-0.39, 0.29) is 0 Å². The SMILES string of the molecule is COc1ccc2[nH]c3ncc(Br)cc3c2c1Br. The summed E-state index contributed by atoms with van der Waals surface area (Å²) in [5.41, 5.74) is 1.91. The summed E-state index contributed by atoms with van der Waals surface area (Å²) in [6.45, 7) is 0. The van der Waals surface area contributed by atoms with Crippen molar-refractivity contribution >= 4 is 53.8 Å². The molecule has 1 aromatic carbocycles. The number of rotatable bonds is 1. The van der Waals surface area contributed by atoms with Gasteiger partial charge in [0.2, 0.25) is 0 Å². The third-order valence-corrected chi connectivity index (χ3v) is 3.92. The Kier molecular flexibility index (Phi) is 2.60. The van der Waals surface area contributed by atoms with E-state index < -0.39 is 0 Å². The number of methoxy groups -OCH3 is 1. The number of hydrogen-bond acceptors (Lipinski definition) is 2. The average molecular weight is 356 g/mol. The Balaban J connectivity index is 2.52. The zero-order chi connectivity index (χ0) is 12.0. The number of nitrogens with zero attached hydrogens (tertiary/aromatic N) is 1. The van der Waals surface area contributed by atoms with Crippen LogP contribution in [0, 0.1) is 0 Å². The zero-order valence-corrected chi connectivity index (χ0v) is 12.1. The normalized spacial score (nSPS) is 11.2. The lowest BCUT2D eigenvalue weighted by molar-refractivity contribution is 0.413. The molecule has 1 N–H and O–H groups in total. The van der Waals surface area contributed by atoms with Crippen LogP contribution in [0.15, 0.2) is 33.3 Å². The molecule has 3 nitrogen and oxygen atoms in total. The first kappa shape index (κ1) is 11.0. The molecule has 0 saturated heterocycles. The van der Waals surface area contributed by atoms with Crippen LogP contribution in [-0.2, 0) is 0 Å². The van der Waals surface area contributed by atoms with Crippen molar-refractivity contribution in [3.05, 3.63) is 33.3 Å². The molecule has 17 heavy (non-hydrogen) atoms. The van der Waals surface area contributed by atoms with Gasteiger partial charge in [0.1, 0.15) is 11.4 Å². The van der Waals surface area contributed by atoms with Crippen molar-refractivity contribution in [2.24, 2.45) is 0 Å². The van der Waals surface area contributed by atoms with E-state index in [1.165, 1.54) is 0 Å². The van der Waals surface area contributed by atoms with Crippen LogP contribution >= 0.6 is 31.9 Å². The van der Waals surface area contributed by atoms with Gasteiger partial charge in [-0.2, -0.15) is 0 Å².